The minimum Gasteiger partial charge on any atom is -0.465 e. The van der Waals surface area contributed by atoms with Crippen molar-refractivity contribution in [3.63, 3.8) is 0 Å². The number of carbonyl (C=O) groups is 1. The number of thiazole rings is 1. The summed E-state index contributed by atoms with van der Waals surface area (Å²) in [5, 5.41) is 5.00. The Labute approximate surface area is 137 Å². The van der Waals surface area contributed by atoms with E-state index in [0.717, 1.165) is 15.6 Å². The van der Waals surface area contributed by atoms with Gasteiger partial charge in [-0.15, -0.1) is 11.3 Å². The Balaban J connectivity index is 1.84. The van der Waals surface area contributed by atoms with Gasteiger partial charge in [-0.05, 0) is 26.0 Å². The highest BCUT2D eigenvalue weighted by Crippen LogP contribution is 2.21. The minimum atomic E-state index is -0.399. The fraction of sp³-hybridized carbons (Fsp3) is 0.250. The maximum Gasteiger partial charge on any atom is 0.337 e. The molecule has 118 valence electrons. The second kappa shape index (κ2) is 6.29. The molecule has 0 bridgehead atoms. The van der Waals surface area contributed by atoms with E-state index in [-0.39, 0.29) is 0 Å². The van der Waals surface area contributed by atoms with Crippen LogP contribution in [-0.4, -0.2) is 28.2 Å². The van der Waals surface area contributed by atoms with Crippen molar-refractivity contribution >= 4 is 17.3 Å². The fourth-order valence-electron chi connectivity index (χ4n) is 2.23. The molecule has 0 aliphatic carbocycles. The number of hydrogen-bond donors (Lipinski definition) is 0. The number of hydrogen-bond acceptors (Lipinski definition) is 7. The lowest BCUT2D eigenvalue weighted by Crippen LogP contribution is -2.00. The van der Waals surface area contributed by atoms with Gasteiger partial charge >= 0.3 is 5.97 Å². The van der Waals surface area contributed by atoms with Gasteiger partial charge in [0.2, 0.25) is 11.7 Å². The number of benzene rings is 1. The Hall–Kier alpha value is -2.54. The first kappa shape index (κ1) is 15.4. The summed E-state index contributed by atoms with van der Waals surface area (Å²) in [5.41, 5.74) is 2.10. The molecule has 3 aromatic rings. The molecule has 0 unspecified atom stereocenters. The van der Waals surface area contributed by atoms with Crippen molar-refractivity contribution in [2.24, 2.45) is 0 Å². The van der Waals surface area contributed by atoms with E-state index in [1.165, 1.54) is 7.11 Å². The number of carbonyl (C=O) groups excluding carboxylic acids is 1. The summed E-state index contributed by atoms with van der Waals surface area (Å²) in [6.45, 7) is 4.00. The van der Waals surface area contributed by atoms with Crippen LogP contribution >= 0.6 is 11.3 Å². The van der Waals surface area contributed by atoms with Gasteiger partial charge in [-0.1, -0.05) is 17.3 Å². The summed E-state index contributed by atoms with van der Waals surface area (Å²) in [5.74, 6) is 0.538. The van der Waals surface area contributed by atoms with Gasteiger partial charge in [0.05, 0.1) is 29.8 Å². The molecule has 1 aromatic carbocycles. The first-order chi connectivity index (χ1) is 11.1. The molecule has 23 heavy (non-hydrogen) atoms. The lowest BCUT2D eigenvalue weighted by atomic mass is 10.1. The summed E-state index contributed by atoms with van der Waals surface area (Å²) in [6.07, 6.45) is 0.500. The molecule has 0 fully saturated rings. The molecule has 6 nitrogen and oxygen atoms in total. The van der Waals surface area contributed by atoms with Crippen LogP contribution in [0.4, 0.5) is 0 Å². The van der Waals surface area contributed by atoms with E-state index in [2.05, 4.69) is 15.1 Å². The molecule has 2 aromatic heterocycles. The molecule has 3 rings (SSSR count). The molecule has 0 aliphatic rings. The zero-order chi connectivity index (χ0) is 16.4. The maximum absolute atomic E-state index is 11.6. The summed E-state index contributed by atoms with van der Waals surface area (Å²) < 4.78 is 10.0. The molecule has 7 heteroatoms. The molecule has 0 radical (unpaired) electrons. The quantitative estimate of drug-likeness (QED) is 0.684. The zero-order valence-electron chi connectivity index (χ0n) is 13.0. The van der Waals surface area contributed by atoms with E-state index < -0.39 is 5.97 Å². The van der Waals surface area contributed by atoms with E-state index in [4.69, 9.17) is 9.26 Å². The third-order valence-corrected chi connectivity index (χ3v) is 4.26. The molecule has 0 spiro atoms. The summed E-state index contributed by atoms with van der Waals surface area (Å²) >= 11 is 1.65. The summed E-state index contributed by atoms with van der Waals surface area (Å²) in [7, 11) is 1.35. The summed E-state index contributed by atoms with van der Waals surface area (Å²) in [6, 6.07) is 6.93. The average Bonchev–Trinajstić information content (AvgIpc) is 3.14. The van der Waals surface area contributed by atoms with Crippen molar-refractivity contribution < 1.29 is 14.1 Å². The van der Waals surface area contributed by atoms with Crippen LogP contribution in [0.3, 0.4) is 0 Å². The Morgan fingerprint density at radius 1 is 1.30 bits per heavy atom. The third kappa shape index (κ3) is 3.29. The topological polar surface area (TPSA) is 78.1 Å². The van der Waals surface area contributed by atoms with Gasteiger partial charge in [0.25, 0.3) is 0 Å². The van der Waals surface area contributed by atoms with Gasteiger partial charge in [-0.2, -0.15) is 4.98 Å². The highest BCUT2D eigenvalue weighted by Gasteiger charge is 2.14. The van der Waals surface area contributed by atoms with Gasteiger partial charge in [-0.3, -0.25) is 0 Å². The van der Waals surface area contributed by atoms with Crippen molar-refractivity contribution in [3.05, 3.63) is 51.3 Å². The van der Waals surface area contributed by atoms with Gasteiger partial charge in [0.15, 0.2) is 0 Å². The Bertz CT molecular complexity index is 854. The van der Waals surface area contributed by atoms with E-state index in [1.54, 1.807) is 29.5 Å². The number of aromatic nitrogens is 3. The molecular formula is C16H15N3O3S. The normalized spacial score (nSPS) is 10.7. The van der Waals surface area contributed by atoms with Crippen LogP contribution < -0.4 is 0 Å². The van der Waals surface area contributed by atoms with Crippen LogP contribution in [0.1, 0.15) is 31.8 Å². The number of nitrogens with zero attached hydrogens (tertiary/aromatic N) is 3. The van der Waals surface area contributed by atoms with Crippen LogP contribution in [0.5, 0.6) is 0 Å². The van der Waals surface area contributed by atoms with Gasteiger partial charge in [0.1, 0.15) is 0 Å². The number of aryl methyl sites for hydroxylation is 2. The van der Waals surface area contributed by atoms with Crippen molar-refractivity contribution in [2.45, 2.75) is 20.3 Å². The van der Waals surface area contributed by atoms with E-state index in [0.29, 0.717) is 29.3 Å². The van der Waals surface area contributed by atoms with Crippen molar-refractivity contribution in [1.82, 2.24) is 15.1 Å². The van der Waals surface area contributed by atoms with Crippen LogP contribution in [0.25, 0.3) is 11.4 Å². The van der Waals surface area contributed by atoms with Gasteiger partial charge in [-0.25, -0.2) is 9.78 Å². The lowest BCUT2D eigenvalue weighted by molar-refractivity contribution is 0.0601. The fourth-order valence-corrected chi connectivity index (χ4v) is 3.06. The van der Waals surface area contributed by atoms with Crippen molar-refractivity contribution in [1.29, 1.82) is 0 Å². The lowest BCUT2D eigenvalue weighted by Gasteiger charge is -2.00. The molecule has 2 heterocycles. The molecule has 0 aliphatic heterocycles. The standard InChI is InChI=1S/C16H15N3O3S/c1-9-13(17-10(2)23-9)8-14-18-15(19-22-14)11-5-4-6-12(7-11)16(20)21-3/h4-7H,8H2,1-3H3. The summed E-state index contributed by atoms with van der Waals surface area (Å²) in [4.78, 5) is 21.6. The molecule has 0 saturated heterocycles. The predicted molar refractivity (Wildman–Crippen MR) is 85.5 cm³/mol. The van der Waals surface area contributed by atoms with Crippen molar-refractivity contribution in [2.75, 3.05) is 7.11 Å². The SMILES string of the molecule is COC(=O)c1cccc(-c2noc(Cc3nc(C)sc3C)n2)c1. The molecular weight excluding hydrogens is 314 g/mol. The first-order valence-electron chi connectivity index (χ1n) is 7.01. The third-order valence-electron chi connectivity index (χ3n) is 3.33. The Morgan fingerprint density at radius 2 is 2.13 bits per heavy atom. The minimum absolute atomic E-state index is 0.399. The zero-order valence-corrected chi connectivity index (χ0v) is 13.8. The molecule has 0 N–H and O–H groups in total. The van der Waals surface area contributed by atoms with E-state index in [9.17, 15) is 4.79 Å². The van der Waals surface area contributed by atoms with E-state index >= 15 is 0 Å². The van der Waals surface area contributed by atoms with Gasteiger partial charge in [0, 0.05) is 10.4 Å². The largest absolute Gasteiger partial charge is 0.465 e. The predicted octanol–water partition coefficient (Wildman–Crippen LogP) is 3.19. The van der Waals surface area contributed by atoms with E-state index in [1.807, 2.05) is 19.9 Å². The maximum atomic E-state index is 11.6. The molecule has 0 atom stereocenters. The Morgan fingerprint density at radius 3 is 2.83 bits per heavy atom. The highest BCUT2D eigenvalue weighted by atomic mass is 32.1. The van der Waals surface area contributed by atoms with Crippen LogP contribution in [0.2, 0.25) is 0 Å². The van der Waals surface area contributed by atoms with Gasteiger partial charge < -0.3 is 9.26 Å². The molecule has 0 amide bonds. The highest BCUT2D eigenvalue weighted by molar-refractivity contribution is 7.11. The Kier molecular flexibility index (Phi) is 4.20. The second-order valence-electron chi connectivity index (χ2n) is 5.00. The average molecular weight is 329 g/mol. The number of methoxy groups -OCH3 is 1. The van der Waals surface area contributed by atoms with Crippen LogP contribution in [0.15, 0.2) is 28.8 Å². The number of rotatable bonds is 4. The first-order valence-corrected chi connectivity index (χ1v) is 7.82. The monoisotopic (exact) mass is 329 g/mol. The smallest absolute Gasteiger partial charge is 0.337 e. The second-order valence-corrected chi connectivity index (χ2v) is 6.40. The number of esters is 1. The van der Waals surface area contributed by atoms with Crippen molar-refractivity contribution in [3.8, 4) is 11.4 Å². The van der Waals surface area contributed by atoms with Crippen LogP contribution in [0, 0.1) is 13.8 Å². The molecule has 0 saturated carbocycles. The van der Waals surface area contributed by atoms with Crippen LogP contribution in [-0.2, 0) is 11.2 Å². The number of ether oxygens (including phenoxy) is 1.